The van der Waals surface area contributed by atoms with Crippen LogP contribution in [0.4, 0.5) is 26.2 Å². The molecule has 0 aliphatic carbocycles. The molecular weight excluding hydrogens is 304 g/mol. The van der Waals surface area contributed by atoms with Gasteiger partial charge in [-0.05, 0) is 36.4 Å². The molecule has 7 heteroatoms. The van der Waals surface area contributed by atoms with Gasteiger partial charge >= 0.3 is 6.03 Å². The number of carbonyl (C=O) groups is 1. The predicted molar refractivity (Wildman–Crippen MR) is 79.9 cm³/mol. The summed E-state index contributed by atoms with van der Waals surface area (Å²) in [5, 5.41) is 5.77. The molecule has 0 fully saturated rings. The highest BCUT2D eigenvalue weighted by molar-refractivity contribution is 6.35. The van der Waals surface area contributed by atoms with Gasteiger partial charge in [0.05, 0.1) is 0 Å². The highest BCUT2D eigenvalue weighted by Crippen LogP contribution is 2.23. The van der Waals surface area contributed by atoms with E-state index in [2.05, 4.69) is 10.6 Å². The molecule has 0 aliphatic rings. The zero-order valence-corrected chi connectivity index (χ0v) is 11.6. The summed E-state index contributed by atoms with van der Waals surface area (Å²) in [6, 6.07) is 7.79. The Balaban J connectivity index is 2.08. The number of hydrogen-bond acceptors (Lipinski definition) is 2. The molecule has 0 heterocycles. The fourth-order valence-electron chi connectivity index (χ4n) is 1.60. The molecule has 0 bridgehead atoms. The van der Waals surface area contributed by atoms with E-state index in [-0.39, 0.29) is 11.4 Å². The second kappa shape index (κ2) is 5.98. The molecule has 104 valence electrons. The smallest absolute Gasteiger partial charge is 0.323 e. The van der Waals surface area contributed by atoms with E-state index in [0.717, 1.165) is 12.1 Å². The van der Waals surface area contributed by atoms with Gasteiger partial charge in [0.15, 0.2) is 0 Å². The molecule has 0 saturated heterocycles. The maximum Gasteiger partial charge on any atom is 0.323 e. The number of rotatable bonds is 2. The van der Waals surface area contributed by atoms with E-state index in [9.17, 15) is 9.18 Å². The van der Waals surface area contributed by atoms with Crippen molar-refractivity contribution in [2.45, 2.75) is 0 Å². The number of urea groups is 1. The van der Waals surface area contributed by atoms with E-state index in [0.29, 0.717) is 15.7 Å². The van der Waals surface area contributed by atoms with E-state index in [1.54, 1.807) is 6.07 Å². The highest BCUT2D eigenvalue weighted by atomic mass is 35.5. The van der Waals surface area contributed by atoms with Crippen molar-refractivity contribution in [3.05, 3.63) is 52.3 Å². The lowest BCUT2D eigenvalue weighted by molar-refractivity contribution is 0.262. The van der Waals surface area contributed by atoms with Gasteiger partial charge in [0.2, 0.25) is 0 Å². The first-order chi connectivity index (χ1) is 9.42. The third-order valence-corrected chi connectivity index (χ3v) is 2.73. The number of anilines is 3. The SMILES string of the molecule is Nc1cc(F)cc(NC(=O)Nc2cc(Cl)cc(Cl)c2)c1. The standard InChI is InChI=1S/C13H10Cl2FN3O/c14-7-1-8(15)3-11(2-7)18-13(20)19-12-5-9(16)4-10(17)6-12/h1-6H,17H2,(H2,18,19,20). The van der Waals surface area contributed by atoms with Crippen molar-refractivity contribution in [1.29, 1.82) is 0 Å². The molecule has 20 heavy (non-hydrogen) atoms. The number of amides is 2. The number of halogens is 3. The molecule has 0 unspecified atom stereocenters. The van der Waals surface area contributed by atoms with Crippen molar-refractivity contribution in [1.82, 2.24) is 0 Å². The molecule has 0 aromatic heterocycles. The van der Waals surface area contributed by atoms with Gasteiger partial charge in [-0.3, -0.25) is 0 Å². The molecule has 2 amide bonds. The molecule has 0 aliphatic heterocycles. The lowest BCUT2D eigenvalue weighted by atomic mass is 10.2. The molecule has 2 rings (SSSR count). The Morgan fingerprint density at radius 3 is 2.05 bits per heavy atom. The van der Waals surface area contributed by atoms with Crippen LogP contribution in [0.25, 0.3) is 0 Å². The fraction of sp³-hybridized carbons (Fsp3) is 0. The molecule has 0 saturated carbocycles. The summed E-state index contributed by atoms with van der Waals surface area (Å²) in [6.07, 6.45) is 0. The minimum Gasteiger partial charge on any atom is -0.399 e. The lowest BCUT2D eigenvalue weighted by Crippen LogP contribution is -2.19. The fourth-order valence-corrected chi connectivity index (χ4v) is 2.13. The van der Waals surface area contributed by atoms with Crippen LogP contribution in [0.2, 0.25) is 10.0 Å². The largest absolute Gasteiger partial charge is 0.399 e. The van der Waals surface area contributed by atoms with Gasteiger partial charge in [-0.15, -0.1) is 0 Å². The maximum atomic E-state index is 13.1. The number of carbonyl (C=O) groups excluding carboxylic acids is 1. The number of nitrogens with two attached hydrogens (primary N) is 1. The third-order valence-electron chi connectivity index (χ3n) is 2.30. The molecule has 0 radical (unpaired) electrons. The van der Waals surface area contributed by atoms with Crippen molar-refractivity contribution in [3.8, 4) is 0 Å². The quantitative estimate of drug-likeness (QED) is 0.721. The maximum absolute atomic E-state index is 13.1. The number of nitrogen functional groups attached to an aromatic ring is 1. The van der Waals surface area contributed by atoms with Crippen LogP contribution >= 0.6 is 23.2 Å². The Kier molecular flexibility index (Phi) is 4.32. The minimum absolute atomic E-state index is 0.214. The molecule has 2 aromatic rings. The topological polar surface area (TPSA) is 67.1 Å². The van der Waals surface area contributed by atoms with Gasteiger partial charge in [0, 0.05) is 27.1 Å². The molecular formula is C13H10Cl2FN3O. The third kappa shape index (κ3) is 4.01. The van der Waals surface area contributed by atoms with E-state index in [4.69, 9.17) is 28.9 Å². The Hall–Kier alpha value is -1.98. The van der Waals surface area contributed by atoms with Gasteiger partial charge in [-0.25, -0.2) is 9.18 Å². The van der Waals surface area contributed by atoms with Crippen molar-refractivity contribution in [3.63, 3.8) is 0 Å². The van der Waals surface area contributed by atoms with Crippen LogP contribution in [0.5, 0.6) is 0 Å². The van der Waals surface area contributed by atoms with Gasteiger partial charge in [0.25, 0.3) is 0 Å². The summed E-state index contributed by atoms with van der Waals surface area (Å²) in [5.41, 5.74) is 6.36. The number of hydrogen-bond donors (Lipinski definition) is 3. The van der Waals surface area contributed by atoms with Gasteiger partial charge in [-0.1, -0.05) is 23.2 Å². The first kappa shape index (κ1) is 14.4. The van der Waals surface area contributed by atoms with Gasteiger partial charge < -0.3 is 16.4 Å². The number of benzene rings is 2. The van der Waals surface area contributed by atoms with Crippen molar-refractivity contribution < 1.29 is 9.18 Å². The average Bonchev–Trinajstić information content (AvgIpc) is 2.24. The monoisotopic (exact) mass is 313 g/mol. The molecule has 2 aromatic carbocycles. The van der Waals surface area contributed by atoms with Gasteiger partial charge in [0.1, 0.15) is 5.82 Å². The molecule has 4 N–H and O–H groups in total. The minimum atomic E-state index is -0.562. The van der Waals surface area contributed by atoms with Gasteiger partial charge in [-0.2, -0.15) is 0 Å². The lowest BCUT2D eigenvalue weighted by Gasteiger charge is -2.09. The Morgan fingerprint density at radius 1 is 0.950 bits per heavy atom. The zero-order valence-electron chi connectivity index (χ0n) is 10.1. The molecule has 0 spiro atoms. The predicted octanol–water partition coefficient (Wildman–Crippen LogP) is 4.36. The van der Waals surface area contributed by atoms with Crippen molar-refractivity contribution in [2.75, 3.05) is 16.4 Å². The summed E-state index contributed by atoms with van der Waals surface area (Å²) in [6.45, 7) is 0. The number of nitrogens with one attached hydrogen (secondary N) is 2. The first-order valence-corrected chi connectivity index (χ1v) is 6.28. The Labute approximate surface area is 124 Å². The van der Waals surface area contributed by atoms with Crippen LogP contribution in [0.15, 0.2) is 36.4 Å². The van der Waals surface area contributed by atoms with Crippen molar-refractivity contribution >= 4 is 46.3 Å². The van der Waals surface area contributed by atoms with Crippen LogP contribution in [0.1, 0.15) is 0 Å². The van der Waals surface area contributed by atoms with E-state index in [1.165, 1.54) is 18.2 Å². The second-order valence-electron chi connectivity index (χ2n) is 4.01. The van der Waals surface area contributed by atoms with Crippen LogP contribution in [-0.4, -0.2) is 6.03 Å². The zero-order chi connectivity index (χ0) is 14.7. The average molecular weight is 314 g/mol. The Bertz CT molecular complexity index is 568. The van der Waals surface area contributed by atoms with E-state index >= 15 is 0 Å². The summed E-state index contributed by atoms with van der Waals surface area (Å²) in [4.78, 5) is 11.8. The normalized spacial score (nSPS) is 10.2. The van der Waals surface area contributed by atoms with E-state index < -0.39 is 11.8 Å². The summed E-state index contributed by atoms with van der Waals surface area (Å²) in [5.74, 6) is -0.536. The Morgan fingerprint density at radius 2 is 1.50 bits per heavy atom. The van der Waals surface area contributed by atoms with Crippen LogP contribution in [-0.2, 0) is 0 Å². The van der Waals surface area contributed by atoms with Crippen LogP contribution in [0.3, 0.4) is 0 Å². The van der Waals surface area contributed by atoms with Crippen LogP contribution < -0.4 is 16.4 Å². The highest BCUT2D eigenvalue weighted by Gasteiger charge is 2.06. The summed E-state index contributed by atoms with van der Waals surface area (Å²) >= 11 is 11.6. The molecule has 4 nitrogen and oxygen atoms in total. The molecule has 0 atom stereocenters. The first-order valence-electron chi connectivity index (χ1n) is 5.52. The van der Waals surface area contributed by atoms with E-state index in [1.807, 2.05) is 0 Å². The summed E-state index contributed by atoms with van der Waals surface area (Å²) in [7, 11) is 0. The summed E-state index contributed by atoms with van der Waals surface area (Å²) < 4.78 is 13.1. The second-order valence-corrected chi connectivity index (χ2v) is 4.88. The van der Waals surface area contributed by atoms with Crippen molar-refractivity contribution in [2.24, 2.45) is 0 Å². The van der Waals surface area contributed by atoms with Crippen LogP contribution in [0, 0.1) is 5.82 Å².